The van der Waals surface area contributed by atoms with E-state index in [0.29, 0.717) is 11.6 Å². The first-order valence-corrected chi connectivity index (χ1v) is 15.9. The van der Waals surface area contributed by atoms with E-state index in [9.17, 15) is 36.6 Å². The molecule has 6 rings (SSSR count). The van der Waals surface area contributed by atoms with Crippen molar-refractivity contribution in [1.29, 1.82) is 5.41 Å². The van der Waals surface area contributed by atoms with Crippen LogP contribution < -0.4 is 10.9 Å². The fourth-order valence-corrected chi connectivity index (χ4v) is 6.48. The maximum absolute atomic E-state index is 15.1. The number of pyridine rings is 1. The minimum Gasteiger partial charge on any atom is -0.378 e. The summed E-state index contributed by atoms with van der Waals surface area (Å²) in [5.74, 6) is -5.97. The zero-order valence-electron chi connectivity index (χ0n) is 27.4. The molecule has 270 valence electrons. The number of hydrogen-bond acceptors (Lipinski definition) is 7. The van der Waals surface area contributed by atoms with Crippen LogP contribution in [0, 0.1) is 46.6 Å². The van der Waals surface area contributed by atoms with E-state index in [4.69, 9.17) is 5.41 Å². The summed E-state index contributed by atoms with van der Waals surface area (Å²) in [4.78, 5) is 41.1. The van der Waals surface area contributed by atoms with Gasteiger partial charge >= 0.3 is 6.18 Å². The molecule has 2 saturated carbocycles. The summed E-state index contributed by atoms with van der Waals surface area (Å²) in [6.45, 7) is 1.78. The number of aliphatic imine (C=N–C) groups is 1. The smallest absolute Gasteiger partial charge is 0.378 e. The van der Waals surface area contributed by atoms with Crippen molar-refractivity contribution in [1.82, 2.24) is 20.3 Å². The second-order valence-electron chi connectivity index (χ2n) is 13.2. The molecule has 52 heavy (non-hydrogen) atoms. The quantitative estimate of drug-likeness (QED) is 0.105. The van der Waals surface area contributed by atoms with Gasteiger partial charge in [-0.25, -0.2) is 18.7 Å². The Morgan fingerprint density at radius 3 is 2.52 bits per heavy atom. The Kier molecular flexibility index (Phi) is 9.29. The molecule has 16 heteroatoms. The zero-order chi connectivity index (χ0) is 37.7. The number of halogens is 7. The number of carbonyl (C=O) groups excluding carboxylic acids is 1. The fourth-order valence-electron chi connectivity index (χ4n) is 6.48. The Morgan fingerprint density at radius 1 is 1.13 bits per heavy atom. The predicted octanol–water partition coefficient (Wildman–Crippen LogP) is 5.71. The summed E-state index contributed by atoms with van der Waals surface area (Å²) in [6.07, 6.45) is -4.58. The second-order valence-corrected chi connectivity index (χ2v) is 13.2. The van der Waals surface area contributed by atoms with Crippen molar-refractivity contribution in [3.05, 3.63) is 93.8 Å². The van der Waals surface area contributed by atoms with Crippen LogP contribution in [0.4, 0.5) is 30.7 Å². The van der Waals surface area contributed by atoms with Crippen LogP contribution in [0.2, 0.25) is 0 Å². The third-order valence-electron chi connectivity index (χ3n) is 8.79. The molecule has 9 nitrogen and oxygen atoms in total. The molecule has 2 aliphatic carbocycles. The van der Waals surface area contributed by atoms with Crippen LogP contribution >= 0.6 is 0 Å². The standard InChI is InChI=1S/C36H29F7N6O3/c1-34(2,52)9-8-20-6-7-22(21-4-3-5-23-29(21)46-16-47-33(23)51)30(48-20)26(12-17-10-18(37)13-19(38)11-17)49-27(50)15-45-32-28(31(44)36(41,42)43)24-14-25(24)35(32,39)40/h3-7,10-11,13,16,24-26,28,44,52H,12,14-15H2,1-2H3,(H,49,50)(H,46,47,51). The Hall–Kier alpha value is -5.43. The van der Waals surface area contributed by atoms with Gasteiger partial charge in [-0.15, -0.1) is 0 Å². The molecule has 2 aliphatic rings. The molecule has 4 N–H and O–H groups in total. The first-order chi connectivity index (χ1) is 24.3. The monoisotopic (exact) mass is 726 g/mol. The summed E-state index contributed by atoms with van der Waals surface area (Å²) in [5, 5.41) is 20.5. The largest absolute Gasteiger partial charge is 0.429 e. The van der Waals surface area contributed by atoms with Gasteiger partial charge in [-0.2, -0.15) is 22.0 Å². The van der Waals surface area contributed by atoms with E-state index in [1.54, 1.807) is 18.2 Å². The van der Waals surface area contributed by atoms with E-state index in [2.05, 4.69) is 37.1 Å². The van der Waals surface area contributed by atoms with Gasteiger partial charge < -0.3 is 15.4 Å². The average molecular weight is 727 g/mol. The molecule has 0 saturated heterocycles. The highest BCUT2D eigenvalue weighted by Crippen LogP contribution is 2.62. The van der Waals surface area contributed by atoms with Crippen LogP contribution in [0.3, 0.4) is 0 Å². The number of nitrogens with one attached hydrogen (secondary N) is 3. The molecule has 0 aliphatic heterocycles. The topological polar surface area (TPSA) is 144 Å². The minimum absolute atomic E-state index is 0.0203. The van der Waals surface area contributed by atoms with E-state index in [-0.39, 0.29) is 46.3 Å². The first-order valence-electron chi connectivity index (χ1n) is 15.9. The lowest BCUT2D eigenvalue weighted by molar-refractivity contribution is -0.120. The van der Waals surface area contributed by atoms with E-state index < -0.39 is 82.6 Å². The van der Waals surface area contributed by atoms with Gasteiger partial charge in [0.2, 0.25) is 5.91 Å². The number of aromatic amines is 1. The number of hydrogen-bond donors (Lipinski definition) is 4. The number of aromatic nitrogens is 3. The number of amides is 1. The van der Waals surface area contributed by atoms with Gasteiger partial charge in [-0.3, -0.25) is 20.0 Å². The van der Waals surface area contributed by atoms with Crippen molar-refractivity contribution in [2.24, 2.45) is 22.7 Å². The number of rotatable bonds is 8. The van der Waals surface area contributed by atoms with Gasteiger partial charge in [0, 0.05) is 23.1 Å². The molecule has 4 unspecified atom stereocenters. The summed E-state index contributed by atoms with van der Waals surface area (Å²) >= 11 is 0. The van der Waals surface area contributed by atoms with Crippen molar-refractivity contribution in [3.63, 3.8) is 0 Å². The van der Waals surface area contributed by atoms with Gasteiger partial charge in [0.25, 0.3) is 11.5 Å². The molecule has 0 spiro atoms. The molecule has 1 amide bonds. The number of alkyl halides is 5. The van der Waals surface area contributed by atoms with Gasteiger partial charge in [-0.1, -0.05) is 18.1 Å². The number of nitrogens with zero attached hydrogens (tertiary/aromatic N) is 3. The maximum atomic E-state index is 15.1. The molecular formula is C36H29F7N6O3. The third-order valence-corrected chi connectivity index (χ3v) is 8.79. The number of para-hydroxylation sites is 1. The highest BCUT2D eigenvalue weighted by atomic mass is 19.4. The van der Waals surface area contributed by atoms with Crippen molar-refractivity contribution >= 4 is 28.2 Å². The van der Waals surface area contributed by atoms with Gasteiger partial charge in [0.15, 0.2) is 0 Å². The van der Waals surface area contributed by atoms with Crippen LogP contribution in [0.1, 0.15) is 43.3 Å². The number of benzene rings is 2. The van der Waals surface area contributed by atoms with E-state index >= 15 is 8.78 Å². The molecule has 0 radical (unpaired) electrons. The predicted molar refractivity (Wildman–Crippen MR) is 176 cm³/mol. The van der Waals surface area contributed by atoms with E-state index in [1.165, 1.54) is 32.3 Å². The maximum Gasteiger partial charge on any atom is 0.429 e. The molecule has 2 fully saturated rings. The molecule has 2 aromatic heterocycles. The Morgan fingerprint density at radius 2 is 1.85 bits per heavy atom. The van der Waals surface area contributed by atoms with E-state index in [0.717, 1.165) is 12.1 Å². The SMILES string of the molecule is CC(C)(O)C#Cc1ccc(-c2cccc3c(=O)[nH]cnc23)c(C(Cc2cc(F)cc(F)c2)NC(=O)CN=C2C(C(=N)C(F)(F)F)C3CC3C2(F)F)n1. The Balaban J connectivity index is 1.45. The molecule has 2 aromatic carbocycles. The molecule has 4 aromatic rings. The summed E-state index contributed by atoms with van der Waals surface area (Å²) < 4.78 is 99.4. The molecule has 0 bridgehead atoms. The Bertz CT molecular complexity index is 2230. The fraction of sp³-hybridized carbons (Fsp3) is 0.333. The highest BCUT2D eigenvalue weighted by Gasteiger charge is 2.71. The lowest BCUT2D eigenvalue weighted by atomic mass is 9.93. The summed E-state index contributed by atoms with van der Waals surface area (Å²) in [7, 11) is 0. The van der Waals surface area contributed by atoms with Gasteiger partial charge in [0.1, 0.15) is 35.2 Å². The number of fused-ring (bicyclic) bond motifs is 2. The van der Waals surface area contributed by atoms with E-state index in [1.807, 2.05) is 0 Å². The van der Waals surface area contributed by atoms with Crippen LogP contribution in [-0.4, -0.2) is 61.6 Å². The Labute approximate surface area is 290 Å². The van der Waals surface area contributed by atoms with Crippen LogP contribution in [0.15, 0.2) is 64.6 Å². The third kappa shape index (κ3) is 7.45. The van der Waals surface area contributed by atoms with Crippen LogP contribution in [0.25, 0.3) is 22.0 Å². The second kappa shape index (κ2) is 13.3. The van der Waals surface area contributed by atoms with Crippen LogP contribution in [0.5, 0.6) is 0 Å². The minimum atomic E-state index is -5.19. The normalized spacial score (nSPS) is 20.6. The highest BCUT2D eigenvalue weighted by molar-refractivity contribution is 6.14. The number of carbonyl (C=O) groups is 1. The number of aliphatic hydroxyl groups is 1. The molecule has 4 atom stereocenters. The lowest BCUT2D eigenvalue weighted by Gasteiger charge is -2.23. The van der Waals surface area contributed by atoms with Crippen molar-refractivity contribution in [2.45, 2.75) is 50.4 Å². The van der Waals surface area contributed by atoms with Crippen molar-refractivity contribution < 1.29 is 40.6 Å². The van der Waals surface area contributed by atoms with Crippen LogP contribution in [-0.2, 0) is 11.2 Å². The number of H-pyrrole nitrogens is 1. The lowest BCUT2D eigenvalue weighted by Crippen LogP contribution is -2.41. The molecular weight excluding hydrogens is 697 g/mol. The summed E-state index contributed by atoms with van der Waals surface area (Å²) in [6, 6.07) is 9.02. The summed E-state index contributed by atoms with van der Waals surface area (Å²) in [5.41, 5.74) is -4.03. The first kappa shape index (κ1) is 36.4. The van der Waals surface area contributed by atoms with Gasteiger partial charge in [0.05, 0.1) is 40.6 Å². The van der Waals surface area contributed by atoms with Gasteiger partial charge in [-0.05, 0) is 74.4 Å². The van der Waals surface area contributed by atoms with Crippen molar-refractivity contribution in [3.8, 4) is 23.0 Å². The zero-order valence-corrected chi connectivity index (χ0v) is 27.4. The average Bonchev–Trinajstić information content (AvgIpc) is 3.82. The molecule has 2 heterocycles. The van der Waals surface area contributed by atoms with Crippen molar-refractivity contribution in [2.75, 3.05) is 6.54 Å².